The Morgan fingerprint density at radius 1 is 1.37 bits per heavy atom. The van der Waals surface area contributed by atoms with Crippen molar-refractivity contribution in [3.63, 3.8) is 0 Å². The molecule has 3 unspecified atom stereocenters. The van der Waals surface area contributed by atoms with Gasteiger partial charge in [-0.25, -0.2) is 0 Å². The van der Waals surface area contributed by atoms with E-state index >= 15 is 0 Å². The Morgan fingerprint density at radius 2 is 2.00 bits per heavy atom. The molecule has 2 rings (SSSR count). The second-order valence-corrected chi connectivity index (χ2v) is 5.01. The molecule has 1 saturated heterocycles. The van der Waals surface area contributed by atoms with Crippen LogP contribution in [0.15, 0.2) is 30.3 Å². The van der Waals surface area contributed by atoms with Gasteiger partial charge in [0.05, 0.1) is 6.10 Å². The van der Waals surface area contributed by atoms with Gasteiger partial charge < -0.3 is 15.7 Å². The van der Waals surface area contributed by atoms with Crippen LogP contribution in [0.25, 0.3) is 0 Å². The Labute approximate surface area is 116 Å². The standard InChI is InChI=1S/C13H15ClN2O3/c14-11(8-4-2-1-3-5-8)13(19)16-7-9(17)6-10(16)12(15)18/h1-5,9-11,17H,6-7H2,(H2,15,18). The van der Waals surface area contributed by atoms with Gasteiger partial charge >= 0.3 is 0 Å². The van der Waals surface area contributed by atoms with Crippen molar-refractivity contribution >= 4 is 23.4 Å². The summed E-state index contributed by atoms with van der Waals surface area (Å²) >= 11 is 6.13. The number of likely N-dealkylation sites (tertiary alicyclic amines) is 1. The van der Waals surface area contributed by atoms with E-state index in [2.05, 4.69) is 0 Å². The van der Waals surface area contributed by atoms with Crippen molar-refractivity contribution in [1.82, 2.24) is 4.90 Å². The van der Waals surface area contributed by atoms with E-state index in [-0.39, 0.29) is 13.0 Å². The van der Waals surface area contributed by atoms with Gasteiger partial charge in [0.25, 0.3) is 0 Å². The highest BCUT2D eigenvalue weighted by Gasteiger charge is 2.40. The summed E-state index contributed by atoms with van der Waals surface area (Å²) in [4.78, 5) is 24.8. The fraction of sp³-hybridized carbons (Fsp3) is 0.385. The first-order valence-electron chi connectivity index (χ1n) is 5.97. The molecular formula is C13H15ClN2O3. The summed E-state index contributed by atoms with van der Waals surface area (Å²) < 4.78 is 0. The lowest BCUT2D eigenvalue weighted by Gasteiger charge is -2.24. The van der Waals surface area contributed by atoms with Crippen molar-refractivity contribution in [2.24, 2.45) is 5.73 Å². The van der Waals surface area contributed by atoms with Crippen molar-refractivity contribution < 1.29 is 14.7 Å². The Bertz CT molecular complexity index is 480. The average Bonchev–Trinajstić information content (AvgIpc) is 2.80. The van der Waals surface area contributed by atoms with Gasteiger partial charge in [0, 0.05) is 13.0 Å². The molecule has 1 aliphatic heterocycles. The van der Waals surface area contributed by atoms with E-state index in [4.69, 9.17) is 17.3 Å². The number of aliphatic hydroxyl groups is 1. The van der Waals surface area contributed by atoms with Crippen LogP contribution in [-0.2, 0) is 9.59 Å². The fourth-order valence-corrected chi connectivity index (χ4v) is 2.51. The number of amides is 2. The highest BCUT2D eigenvalue weighted by molar-refractivity contribution is 6.30. The summed E-state index contributed by atoms with van der Waals surface area (Å²) in [5.41, 5.74) is 5.89. The summed E-state index contributed by atoms with van der Waals surface area (Å²) in [7, 11) is 0. The summed E-state index contributed by atoms with van der Waals surface area (Å²) in [5, 5.41) is 8.69. The highest BCUT2D eigenvalue weighted by atomic mass is 35.5. The number of carbonyl (C=O) groups excluding carboxylic acids is 2. The molecule has 5 nitrogen and oxygen atoms in total. The monoisotopic (exact) mass is 282 g/mol. The van der Waals surface area contributed by atoms with Crippen molar-refractivity contribution in [2.45, 2.75) is 23.9 Å². The zero-order chi connectivity index (χ0) is 14.0. The number of rotatable bonds is 3. The molecule has 0 aliphatic carbocycles. The van der Waals surface area contributed by atoms with Gasteiger partial charge in [-0.3, -0.25) is 9.59 Å². The van der Waals surface area contributed by atoms with Crippen molar-refractivity contribution in [3.05, 3.63) is 35.9 Å². The van der Waals surface area contributed by atoms with E-state index in [1.54, 1.807) is 24.3 Å². The number of aliphatic hydroxyl groups excluding tert-OH is 1. The number of nitrogens with zero attached hydrogens (tertiary/aromatic N) is 1. The zero-order valence-electron chi connectivity index (χ0n) is 10.2. The van der Waals surface area contributed by atoms with Gasteiger partial charge in [-0.1, -0.05) is 30.3 Å². The number of halogens is 1. The van der Waals surface area contributed by atoms with E-state index in [9.17, 15) is 14.7 Å². The highest BCUT2D eigenvalue weighted by Crippen LogP contribution is 2.27. The lowest BCUT2D eigenvalue weighted by molar-refractivity contribution is -0.137. The molecule has 2 amide bonds. The molecule has 6 heteroatoms. The van der Waals surface area contributed by atoms with Crippen LogP contribution in [0.3, 0.4) is 0 Å². The summed E-state index contributed by atoms with van der Waals surface area (Å²) in [6.07, 6.45) is -0.569. The number of carbonyl (C=O) groups is 2. The molecule has 3 N–H and O–H groups in total. The summed E-state index contributed by atoms with van der Waals surface area (Å²) in [6.45, 7) is 0.0858. The molecule has 1 fully saturated rings. The molecule has 1 aliphatic rings. The molecule has 102 valence electrons. The Balaban J connectivity index is 2.17. The SMILES string of the molecule is NC(=O)C1CC(O)CN1C(=O)C(Cl)c1ccccc1. The molecule has 1 aromatic rings. The van der Waals surface area contributed by atoms with Crippen LogP contribution in [0.1, 0.15) is 17.4 Å². The second kappa shape index (κ2) is 5.59. The first-order valence-corrected chi connectivity index (χ1v) is 6.41. The molecule has 1 heterocycles. The molecular weight excluding hydrogens is 268 g/mol. The predicted octanol–water partition coefficient (Wildman–Crippen LogP) is 0.414. The summed E-state index contributed by atoms with van der Waals surface area (Å²) in [5.74, 6) is -1.03. The van der Waals surface area contributed by atoms with Gasteiger partial charge in [0.15, 0.2) is 0 Å². The fourth-order valence-electron chi connectivity index (χ4n) is 2.24. The minimum atomic E-state index is -0.881. The third-order valence-corrected chi connectivity index (χ3v) is 3.64. The Hall–Kier alpha value is -1.59. The van der Waals surface area contributed by atoms with E-state index < -0.39 is 29.3 Å². The van der Waals surface area contributed by atoms with E-state index in [1.165, 1.54) is 4.90 Å². The smallest absolute Gasteiger partial charge is 0.245 e. The third-order valence-electron chi connectivity index (χ3n) is 3.20. The maximum absolute atomic E-state index is 12.3. The van der Waals surface area contributed by atoms with Gasteiger partial charge in [0.1, 0.15) is 11.4 Å². The molecule has 19 heavy (non-hydrogen) atoms. The number of nitrogens with two attached hydrogens (primary N) is 1. The number of primary amides is 1. The predicted molar refractivity (Wildman–Crippen MR) is 70.4 cm³/mol. The van der Waals surface area contributed by atoms with Crippen LogP contribution < -0.4 is 5.73 Å². The lowest BCUT2D eigenvalue weighted by atomic mass is 10.1. The number of hydrogen-bond donors (Lipinski definition) is 2. The third kappa shape index (κ3) is 2.88. The van der Waals surface area contributed by atoms with E-state index in [1.807, 2.05) is 6.07 Å². The largest absolute Gasteiger partial charge is 0.391 e. The second-order valence-electron chi connectivity index (χ2n) is 4.57. The first-order chi connectivity index (χ1) is 9.00. The molecule has 0 bridgehead atoms. The molecule has 0 saturated carbocycles. The minimum Gasteiger partial charge on any atom is -0.391 e. The van der Waals surface area contributed by atoms with Gasteiger partial charge in [0.2, 0.25) is 11.8 Å². The van der Waals surface area contributed by atoms with E-state index in [0.29, 0.717) is 5.56 Å². The molecule has 0 radical (unpaired) electrons. The maximum atomic E-state index is 12.3. The zero-order valence-corrected chi connectivity index (χ0v) is 11.0. The van der Waals surface area contributed by atoms with Gasteiger partial charge in [-0.15, -0.1) is 11.6 Å². The lowest BCUT2D eigenvalue weighted by Crippen LogP contribution is -2.45. The molecule has 3 atom stereocenters. The molecule has 0 spiro atoms. The van der Waals surface area contributed by atoms with Crippen LogP contribution in [0.5, 0.6) is 0 Å². The first kappa shape index (κ1) is 13.8. The average molecular weight is 283 g/mol. The minimum absolute atomic E-state index is 0.0858. The summed E-state index contributed by atoms with van der Waals surface area (Å²) in [6, 6.07) is 8.07. The van der Waals surface area contributed by atoms with Crippen LogP contribution in [0, 0.1) is 0 Å². The topological polar surface area (TPSA) is 83.6 Å². The maximum Gasteiger partial charge on any atom is 0.245 e. The molecule has 1 aromatic carbocycles. The van der Waals surface area contributed by atoms with Crippen LogP contribution in [0.2, 0.25) is 0 Å². The Kier molecular flexibility index (Phi) is 4.07. The Morgan fingerprint density at radius 3 is 2.58 bits per heavy atom. The number of β-amino-alcohol motifs (C(OH)–C–C–N with tert-alkyl or cyclic N) is 1. The number of benzene rings is 1. The van der Waals surface area contributed by atoms with Crippen LogP contribution in [0.4, 0.5) is 0 Å². The number of alkyl halides is 1. The van der Waals surface area contributed by atoms with Gasteiger partial charge in [-0.2, -0.15) is 0 Å². The number of hydrogen-bond acceptors (Lipinski definition) is 3. The van der Waals surface area contributed by atoms with Crippen molar-refractivity contribution in [1.29, 1.82) is 0 Å². The quantitative estimate of drug-likeness (QED) is 0.788. The van der Waals surface area contributed by atoms with Gasteiger partial charge in [-0.05, 0) is 5.56 Å². The molecule has 0 aromatic heterocycles. The van der Waals surface area contributed by atoms with Crippen LogP contribution >= 0.6 is 11.6 Å². The van der Waals surface area contributed by atoms with E-state index in [0.717, 1.165) is 0 Å². The van der Waals surface area contributed by atoms with Crippen molar-refractivity contribution in [3.8, 4) is 0 Å². The normalized spacial score (nSPS) is 24.2. The van der Waals surface area contributed by atoms with Crippen molar-refractivity contribution in [2.75, 3.05) is 6.54 Å². The van der Waals surface area contributed by atoms with Crippen LogP contribution in [-0.4, -0.2) is 40.5 Å².